The lowest BCUT2D eigenvalue weighted by molar-refractivity contribution is -0.0289. The molecule has 0 saturated heterocycles. The summed E-state index contributed by atoms with van der Waals surface area (Å²) in [7, 11) is 0. The Morgan fingerprint density at radius 1 is 1.11 bits per heavy atom. The number of aliphatic imine (C=N–C) groups is 1. The van der Waals surface area contributed by atoms with Crippen LogP contribution < -0.4 is 0 Å². The molecule has 0 N–H and O–H groups in total. The van der Waals surface area contributed by atoms with Crippen molar-refractivity contribution in [2.75, 3.05) is 0 Å². The van der Waals surface area contributed by atoms with Gasteiger partial charge in [-0.15, -0.1) is 0 Å². The summed E-state index contributed by atoms with van der Waals surface area (Å²) >= 11 is 0. The lowest BCUT2D eigenvalue weighted by Gasteiger charge is -2.40. The van der Waals surface area contributed by atoms with Gasteiger partial charge in [-0.1, -0.05) is 58.0 Å². The van der Waals surface area contributed by atoms with Crippen molar-refractivity contribution in [2.45, 2.75) is 45.8 Å². The zero-order valence-electron chi connectivity index (χ0n) is 11.8. The van der Waals surface area contributed by atoms with Gasteiger partial charge in [0, 0.05) is 0 Å². The fourth-order valence-corrected chi connectivity index (χ4v) is 3.15. The molecular weight excluding hydrogens is 222 g/mol. The Morgan fingerprint density at radius 2 is 1.72 bits per heavy atom. The molecule has 18 heavy (non-hydrogen) atoms. The first-order valence-electron chi connectivity index (χ1n) is 6.80. The van der Waals surface area contributed by atoms with Crippen LogP contribution in [0.15, 0.2) is 35.3 Å². The lowest BCUT2D eigenvalue weighted by Crippen LogP contribution is -2.50. The molecule has 0 aliphatic carbocycles. The summed E-state index contributed by atoms with van der Waals surface area (Å²) in [6.07, 6.45) is 2.61. The smallest absolute Gasteiger partial charge is 0.170 e. The average molecular weight is 245 g/mol. The van der Waals surface area contributed by atoms with Gasteiger partial charge < -0.3 is 4.74 Å². The molecule has 1 aromatic rings. The van der Waals surface area contributed by atoms with E-state index in [1.165, 1.54) is 5.56 Å². The fraction of sp³-hybridized carbons (Fsp3) is 0.562. The largest absolute Gasteiger partial charge is 0.474 e. The summed E-state index contributed by atoms with van der Waals surface area (Å²) in [6, 6.07) is 10.8. The van der Waals surface area contributed by atoms with Gasteiger partial charge in [-0.25, -0.2) is 0 Å². The molecule has 0 fully saturated rings. The minimum absolute atomic E-state index is 0.157. The zero-order valence-corrected chi connectivity index (χ0v) is 11.8. The minimum atomic E-state index is -0.157. The molecule has 1 aliphatic heterocycles. The maximum atomic E-state index is 5.96. The molecule has 2 rings (SSSR count). The van der Waals surface area contributed by atoms with Crippen LogP contribution in [0.4, 0.5) is 0 Å². The third-order valence-corrected chi connectivity index (χ3v) is 4.10. The van der Waals surface area contributed by atoms with Gasteiger partial charge in [-0.05, 0) is 23.8 Å². The molecule has 1 atom stereocenters. The maximum Gasteiger partial charge on any atom is 0.170 e. The Morgan fingerprint density at radius 3 is 2.28 bits per heavy atom. The number of nitrogens with zero attached hydrogens (tertiary/aromatic N) is 1. The minimum Gasteiger partial charge on any atom is -0.474 e. The van der Waals surface area contributed by atoms with E-state index in [4.69, 9.17) is 4.74 Å². The lowest BCUT2D eigenvalue weighted by atomic mass is 9.73. The van der Waals surface area contributed by atoms with Gasteiger partial charge in [0.2, 0.25) is 0 Å². The Kier molecular flexibility index (Phi) is 3.74. The van der Waals surface area contributed by atoms with Gasteiger partial charge >= 0.3 is 0 Å². The second-order valence-electron chi connectivity index (χ2n) is 5.74. The predicted octanol–water partition coefficient (Wildman–Crippen LogP) is 3.71. The van der Waals surface area contributed by atoms with E-state index in [1.54, 1.807) is 6.40 Å². The van der Waals surface area contributed by atoms with Crippen molar-refractivity contribution >= 4 is 6.40 Å². The fourth-order valence-electron chi connectivity index (χ4n) is 3.15. The zero-order chi connectivity index (χ0) is 13.2. The van der Waals surface area contributed by atoms with Crippen molar-refractivity contribution in [1.29, 1.82) is 0 Å². The molecule has 0 spiro atoms. The van der Waals surface area contributed by atoms with Crippen LogP contribution in [0.3, 0.4) is 0 Å². The molecule has 98 valence electrons. The summed E-state index contributed by atoms with van der Waals surface area (Å²) in [5.41, 5.74) is 1.17. The van der Waals surface area contributed by atoms with Crippen LogP contribution in [0.25, 0.3) is 0 Å². The Hall–Kier alpha value is -1.31. The van der Waals surface area contributed by atoms with E-state index in [0.717, 1.165) is 6.42 Å². The second kappa shape index (κ2) is 5.13. The van der Waals surface area contributed by atoms with Crippen LogP contribution in [-0.2, 0) is 11.2 Å². The number of benzene rings is 1. The van der Waals surface area contributed by atoms with E-state index < -0.39 is 0 Å². The molecule has 0 radical (unpaired) electrons. The number of rotatable bonds is 4. The standard InChI is InChI=1S/C16H23NO/c1-12(2)16(13(3)4)15(17-11-18-16)10-14-8-6-5-7-9-14/h5-9,11-13,15H,10H2,1-4H3/t15-/m1/s1. The normalized spacial score (nSPS) is 21.6. The van der Waals surface area contributed by atoms with Crippen LogP contribution in [0.5, 0.6) is 0 Å². The van der Waals surface area contributed by atoms with Gasteiger partial charge in [-0.2, -0.15) is 0 Å². The number of hydrogen-bond donors (Lipinski definition) is 0. The average Bonchev–Trinajstić information content (AvgIpc) is 2.75. The van der Waals surface area contributed by atoms with E-state index in [1.807, 2.05) is 0 Å². The van der Waals surface area contributed by atoms with Gasteiger partial charge in [0.15, 0.2) is 6.40 Å². The van der Waals surface area contributed by atoms with Gasteiger partial charge in [0.1, 0.15) is 5.60 Å². The third kappa shape index (κ3) is 2.16. The number of hydrogen-bond acceptors (Lipinski definition) is 2. The van der Waals surface area contributed by atoms with Crippen LogP contribution in [0, 0.1) is 11.8 Å². The van der Waals surface area contributed by atoms with Crippen molar-refractivity contribution in [3.63, 3.8) is 0 Å². The molecule has 0 saturated carbocycles. The highest BCUT2D eigenvalue weighted by Gasteiger charge is 2.48. The van der Waals surface area contributed by atoms with Crippen molar-refractivity contribution < 1.29 is 4.74 Å². The van der Waals surface area contributed by atoms with Crippen LogP contribution in [-0.4, -0.2) is 18.0 Å². The molecular formula is C16H23NO. The Bertz CT molecular complexity index is 400. The van der Waals surface area contributed by atoms with E-state index in [2.05, 4.69) is 63.0 Å². The summed E-state index contributed by atoms with van der Waals surface area (Å²) in [5.74, 6) is 0.905. The van der Waals surface area contributed by atoms with Crippen LogP contribution in [0.2, 0.25) is 0 Å². The highest BCUT2D eigenvalue weighted by molar-refractivity contribution is 5.52. The third-order valence-electron chi connectivity index (χ3n) is 4.10. The van der Waals surface area contributed by atoms with Crippen molar-refractivity contribution in [1.82, 2.24) is 0 Å². The van der Waals surface area contributed by atoms with Gasteiger partial charge in [-0.3, -0.25) is 4.99 Å². The van der Waals surface area contributed by atoms with E-state index in [-0.39, 0.29) is 11.6 Å². The highest BCUT2D eigenvalue weighted by Crippen LogP contribution is 2.39. The second-order valence-corrected chi connectivity index (χ2v) is 5.74. The summed E-state index contributed by atoms with van der Waals surface area (Å²) < 4.78 is 5.96. The summed E-state index contributed by atoms with van der Waals surface area (Å²) in [4.78, 5) is 4.58. The Balaban J connectivity index is 2.23. The number of ether oxygens (including phenoxy) is 1. The molecule has 0 unspecified atom stereocenters. The van der Waals surface area contributed by atoms with Gasteiger partial charge in [0.25, 0.3) is 0 Å². The van der Waals surface area contributed by atoms with Gasteiger partial charge in [0.05, 0.1) is 6.04 Å². The van der Waals surface area contributed by atoms with E-state index in [9.17, 15) is 0 Å². The maximum absolute atomic E-state index is 5.96. The van der Waals surface area contributed by atoms with Crippen molar-refractivity contribution in [2.24, 2.45) is 16.8 Å². The monoisotopic (exact) mass is 245 g/mol. The van der Waals surface area contributed by atoms with Crippen LogP contribution >= 0.6 is 0 Å². The molecule has 2 heteroatoms. The first kappa shape index (κ1) is 13.1. The first-order valence-corrected chi connectivity index (χ1v) is 6.80. The topological polar surface area (TPSA) is 21.6 Å². The SMILES string of the molecule is CC(C)C1(C(C)C)OC=N[C@@H]1Cc1ccccc1. The molecule has 0 bridgehead atoms. The Labute approximate surface area is 110 Å². The van der Waals surface area contributed by atoms with E-state index in [0.29, 0.717) is 11.8 Å². The molecule has 1 heterocycles. The molecule has 1 aromatic carbocycles. The highest BCUT2D eigenvalue weighted by atomic mass is 16.5. The molecule has 0 amide bonds. The first-order chi connectivity index (χ1) is 8.57. The summed E-state index contributed by atoms with van der Waals surface area (Å²) in [5, 5.41) is 0. The van der Waals surface area contributed by atoms with E-state index >= 15 is 0 Å². The molecule has 1 aliphatic rings. The quantitative estimate of drug-likeness (QED) is 0.792. The summed E-state index contributed by atoms with van der Waals surface area (Å²) in [6.45, 7) is 8.92. The molecule has 2 nitrogen and oxygen atoms in total. The molecule has 0 aromatic heterocycles. The van der Waals surface area contributed by atoms with Crippen molar-refractivity contribution in [3.05, 3.63) is 35.9 Å². The predicted molar refractivity (Wildman–Crippen MR) is 75.9 cm³/mol. The van der Waals surface area contributed by atoms with Crippen LogP contribution in [0.1, 0.15) is 33.3 Å². The van der Waals surface area contributed by atoms with Crippen molar-refractivity contribution in [3.8, 4) is 0 Å².